The van der Waals surface area contributed by atoms with Crippen LogP contribution in [0.3, 0.4) is 0 Å². The van der Waals surface area contributed by atoms with Crippen LogP contribution in [0.15, 0.2) is 24.3 Å². The van der Waals surface area contributed by atoms with Gasteiger partial charge in [0.1, 0.15) is 5.75 Å². The lowest BCUT2D eigenvalue weighted by Gasteiger charge is -2.09. The largest absolute Gasteiger partial charge is 0.495 e. The van der Waals surface area contributed by atoms with Crippen LogP contribution in [0.25, 0.3) is 10.2 Å². The number of para-hydroxylation sites is 2. The van der Waals surface area contributed by atoms with Crippen molar-refractivity contribution >= 4 is 33.1 Å². The summed E-state index contributed by atoms with van der Waals surface area (Å²) in [5.74, 6) is 0.590. The Balaban J connectivity index is 1.73. The number of aromatic nitrogens is 1. The van der Waals surface area contributed by atoms with Gasteiger partial charge in [0.25, 0.3) is 5.91 Å². The highest BCUT2D eigenvalue weighted by Crippen LogP contribution is 2.38. The molecule has 25 heavy (non-hydrogen) atoms. The molecule has 1 aromatic carbocycles. The first kappa shape index (κ1) is 16.2. The lowest BCUT2D eigenvalue weighted by atomic mass is 10.1. The second-order valence-electron chi connectivity index (χ2n) is 6.53. The first-order valence-electron chi connectivity index (χ1n) is 8.76. The minimum atomic E-state index is -0.0790. The SMILES string of the molecule is COc1ccccc1NC(=O)c1c(C)sc2c3c([nH]c12)CCCCC3. The average Bonchev–Trinajstić information content (AvgIpc) is 2.98. The number of carbonyl (C=O) groups excluding carboxylic acids is 1. The van der Waals surface area contributed by atoms with Gasteiger partial charge < -0.3 is 15.0 Å². The van der Waals surface area contributed by atoms with E-state index in [-0.39, 0.29) is 5.91 Å². The molecule has 0 atom stereocenters. The fourth-order valence-corrected chi connectivity index (χ4v) is 4.91. The Hall–Kier alpha value is -2.27. The van der Waals surface area contributed by atoms with Gasteiger partial charge in [-0.25, -0.2) is 0 Å². The molecule has 0 bridgehead atoms. The van der Waals surface area contributed by atoms with Gasteiger partial charge in [-0.15, -0.1) is 11.3 Å². The molecule has 0 radical (unpaired) electrons. The molecule has 0 aliphatic heterocycles. The van der Waals surface area contributed by atoms with Crippen LogP contribution < -0.4 is 10.1 Å². The van der Waals surface area contributed by atoms with E-state index in [0.717, 1.165) is 28.8 Å². The first-order chi connectivity index (χ1) is 12.2. The van der Waals surface area contributed by atoms with Gasteiger partial charge in [0.2, 0.25) is 0 Å². The maximum absolute atomic E-state index is 13.0. The number of fused-ring (bicyclic) bond motifs is 3. The Bertz CT molecular complexity index is 939. The van der Waals surface area contributed by atoms with Crippen LogP contribution in [0.5, 0.6) is 5.75 Å². The van der Waals surface area contributed by atoms with Crippen LogP contribution in [0.2, 0.25) is 0 Å². The van der Waals surface area contributed by atoms with E-state index in [1.807, 2.05) is 31.2 Å². The second kappa shape index (κ2) is 6.56. The van der Waals surface area contributed by atoms with E-state index in [4.69, 9.17) is 4.74 Å². The molecule has 130 valence electrons. The van der Waals surface area contributed by atoms with E-state index < -0.39 is 0 Å². The number of benzene rings is 1. The zero-order valence-electron chi connectivity index (χ0n) is 14.6. The fourth-order valence-electron chi connectivity index (χ4n) is 3.70. The van der Waals surface area contributed by atoms with Crippen molar-refractivity contribution in [3.8, 4) is 5.75 Å². The lowest BCUT2D eigenvalue weighted by Crippen LogP contribution is -2.13. The number of thiophene rings is 1. The lowest BCUT2D eigenvalue weighted by molar-refractivity contribution is 0.102. The highest BCUT2D eigenvalue weighted by molar-refractivity contribution is 7.19. The molecule has 0 saturated heterocycles. The standard InChI is InChI=1S/C20H22N2O2S/c1-12-17(20(23)22-15-10-6-7-11-16(15)24-2)18-19(25-12)13-8-4-3-5-9-14(13)21-18/h6-7,10-11,21H,3-5,8-9H2,1-2H3,(H,22,23). The summed E-state index contributed by atoms with van der Waals surface area (Å²) in [5, 5.41) is 3.01. The molecule has 0 spiro atoms. The Morgan fingerprint density at radius 2 is 2.00 bits per heavy atom. The molecule has 2 N–H and O–H groups in total. The summed E-state index contributed by atoms with van der Waals surface area (Å²) >= 11 is 1.73. The van der Waals surface area contributed by atoms with E-state index in [0.29, 0.717) is 11.4 Å². The molecule has 0 saturated carbocycles. The van der Waals surface area contributed by atoms with Crippen molar-refractivity contribution in [2.24, 2.45) is 0 Å². The fraction of sp³-hybridized carbons (Fsp3) is 0.350. The number of hydrogen-bond donors (Lipinski definition) is 2. The summed E-state index contributed by atoms with van der Waals surface area (Å²) in [5.41, 5.74) is 5.21. The van der Waals surface area contributed by atoms with Crippen LogP contribution in [0.1, 0.15) is 45.8 Å². The van der Waals surface area contributed by atoms with Gasteiger partial charge in [0.15, 0.2) is 0 Å². The molecule has 4 rings (SSSR count). The zero-order chi connectivity index (χ0) is 17.4. The maximum atomic E-state index is 13.0. The highest BCUT2D eigenvalue weighted by atomic mass is 32.1. The van der Waals surface area contributed by atoms with E-state index in [1.165, 1.54) is 35.2 Å². The topological polar surface area (TPSA) is 54.1 Å². The third-order valence-corrected chi connectivity index (χ3v) is 6.10. The highest BCUT2D eigenvalue weighted by Gasteiger charge is 2.24. The Labute approximate surface area is 151 Å². The smallest absolute Gasteiger partial charge is 0.259 e. The molecule has 1 amide bonds. The van der Waals surface area contributed by atoms with Gasteiger partial charge in [-0.1, -0.05) is 18.6 Å². The van der Waals surface area contributed by atoms with Crippen LogP contribution >= 0.6 is 11.3 Å². The van der Waals surface area contributed by atoms with Crippen molar-refractivity contribution in [2.45, 2.75) is 39.0 Å². The van der Waals surface area contributed by atoms with Crippen LogP contribution in [-0.4, -0.2) is 18.0 Å². The first-order valence-corrected chi connectivity index (χ1v) is 9.58. The number of nitrogens with one attached hydrogen (secondary N) is 2. The van der Waals surface area contributed by atoms with Gasteiger partial charge >= 0.3 is 0 Å². The van der Waals surface area contributed by atoms with Crippen LogP contribution in [-0.2, 0) is 12.8 Å². The van der Waals surface area contributed by atoms with Crippen molar-refractivity contribution in [1.29, 1.82) is 0 Å². The summed E-state index contributed by atoms with van der Waals surface area (Å²) in [4.78, 5) is 17.6. The van der Waals surface area contributed by atoms with Crippen molar-refractivity contribution in [2.75, 3.05) is 12.4 Å². The molecule has 1 aliphatic carbocycles. The number of hydrogen-bond acceptors (Lipinski definition) is 3. The van der Waals surface area contributed by atoms with E-state index >= 15 is 0 Å². The average molecular weight is 354 g/mol. The monoisotopic (exact) mass is 354 g/mol. The third kappa shape index (κ3) is 2.82. The Morgan fingerprint density at radius 3 is 2.84 bits per heavy atom. The molecular weight excluding hydrogens is 332 g/mol. The summed E-state index contributed by atoms with van der Waals surface area (Å²) < 4.78 is 6.61. The van der Waals surface area contributed by atoms with Crippen LogP contribution in [0.4, 0.5) is 5.69 Å². The molecule has 2 heterocycles. The number of aryl methyl sites for hydroxylation is 3. The molecule has 3 aromatic rings. The number of ether oxygens (including phenoxy) is 1. The van der Waals surface area contributed by atoms with Gasteiger partial charge in [-0.3, -0.25) is 4.79 Å². The van der Waals surface area contributed by atoms with Gasteiger partial charge in [-0.2, -0.15) is 0 Å². The normalized spacial score (nSPS) is 14.2. The molecule has 2 aromatic heterocycles. The van der Waals surface area contributed by atoms with Gasteiger partial charge in [0, 0.05) is 10.6 Å². The number of methoxy groups -OCH3 is 1. The van der Waals surface area contributed by atoms with E-state index in [2.05, 4.69) is 10.3 Å². The molecular formula is C20H22N2O2S. The third-order valence-electron chi connectivity index (χ3n) is 4.93. The molecule has 4 nitrogen and oxygen atoms in total. The predicted molar refractivity (Wildman–Crippen MR) is 103 cm³/mol. The van der Waals surface area contributed by atoms with Crippen molar-refractivity contribution in [3.63, 3.8) is 0 Å². The van der Waals surface area contributed by atoms with Crippen molar-refractivity contribution in [1.82, 2.24) is 4.98 Å². The van der Waals surface area contributed by atoms with Gasteiger partial charge in [-0.05, 0) is 50.3 Å². The molecule has 0 unspecified atom stereocenters. The Kier molecular flexibility index (Phi) is 4.25. The summed E-state index contributed by atoms with van der Waals surface area (Å²) in [7, 11) is 1.61. The number of rotatable bonds is 3. The van der Waals surface area contributed by atoms with Crippen molar-refractivity contribution < 1.29 is 9.53 Å². The molecule has 1 aliphatic rings. The summed E-state index contributed by atoms with van der Waals surface area (Å²) in [6.07, 6.45) is 5.95. The number of H-pyrrole nitrogens is 1. The Morgan fingerprint density at radius 1 is 1.20 bits per heavy atom. The molecule has 5 heteroatoms. The zero-order valence-corrected chi connectivity index (χ0v) is 15.4. The predicted octanol–water partition coefficient (Wildman–Crippen LogP) is 5.07. The minimum Gasteiger partial charge on any atom is -0.495 e. The number of aromatic amines is 1. The summed E-state index contributed by atoms with van der Waals surface area (Å²) in [6, 6.07) is 7.50. The minimum absolute atomic E-state index is 0.0790. The van der Waals surface area contributed by atoms with E-state index in [1.54, 1.807) is 18.4 Å². The number of carbonyl (C=O) groups is 1. The maximum Gasteiger partial charge on any atom is 0.259 e. The van der Waals surface area contributed by atoms with Gasteiger partial charge in [0.05, 0.1) is 28.6 Å². The van der Waals surface area contributed by atoms with Crippen LogP contribution in [0, 0.1) is 6.92 Å². The number of anilines is 1. The summed E-state index contributed by atoms with van der Waals surface area (Å²) in [6.45, 7) is 2.03. The second-order valence-corrected chi connectivity index (χ2v) is 7.76. The quantitative estimate of drug-likeness (QED) is 0.645. The number of amides is 1. The van der Waals surface area contributed by atoms with E-state index in [9.17, 15) is 4.79 Å². The van der Waals surface area contributed by atoms with Crippen molar-refractivity contribution in [3.05, 3.63) is 46.0 Å². The molecule has 0 fully saturated rings.